The van der Waals surface area contributed by atoms with Crippen LogP contribution in [0.2, 0.25) is 0 Å². The molecule has 7 heteroatoms. The molecule has 0 aliphatic rings. The molecule has 3 N–H and O–H groups in total. The fourth-order valence-electron chi connectivity index (χ4n) is 1.68. The number of hydrogen-bond donors (Lipinski definition) is 2. The zero-order chi connectivity index (χ0) is 15.4. The Kier molecular flexibility index (Phi) is 4.32. The third kappa shape index (κ3) is 3.65. The number of ether oxygens (including phenoxy) is 1. The highest BCUT2D eigenvalue weighted by Crippen LogP contribution is 2.23. The van der Waals surface area contributed by atoms with Gasteiger partial charge in [0, 0.05) is 5.69 Å². The number of nitrogens with two attached hydrogens (primary N) is 1. The molecule has 0 unspecified atom stereocenters. The molecule has 0 aromatic heterocycles. The Labute approximate surface area is 118 Å². The number of nitrogen functional groups attached to an aromatic ring is 1. The lowest BCUT2D eigenvalue weighted by atomic mass is 10.2. The first-order valence-electron chi connectivity index (χ1n) is 5.87. The van der Waals surface area contributed by atoms with Gasteiger partial charge in [-0.1, -0.05) is 12.1 Å². The van der Waals surface area contributed by atoms with Gasteiger partial charge in [-0.15, -0.1) is 0 Å². The van der Waals surface area contributed by atoms with Crippen molar-refractivity contribution in [2.75, 3.05) is 11.1 Å². The number of benzene rings is 2. The summed E-state index contributed by atoms with van der Waals surface area (Å²) in [5.41, 5.74) is 5.35. The zero-order valence-electron chi connectivity index (χ0n) is 10.6. The van der Waals surface area contributed by atoms with Crippen LogP contribution in [0, 0.1) is 5.82 Å². The van der Waals surface area contributed by atoms with Crippen molar-refractivity contribution in [2.45, 2.75) is 6.61 Å². The van der Waals surface area contributed by atoms with E-state index in [9.17, 15) is 18.0 Å². The molecule has 0 saturated heterocycles. The van der Waals surface area contributed by atoms with E-state index in [-0.39, 0.29) is 22.7 Å². The molecule has 2 aromatic rings. The topological polar surface area (TPSA) is 64.3 Å². The minimum atomic E-state index is -3.06. The lowest BCUT2D eigenvalue weighted by molar-refractivity contribution is -0.0501. The van der Waals surface area contributed by atoms with Crippen molar-refractivity contribution in [2.24, 2.45) is 0 Å². The van der Waals surface area contributed by atoms with Gasteiger partial charge in [0.15, 0.2) is 0 Å². The fraction of sp³-hybridized carbons (Fsp3) is 0.0714. The predicted octanol–water partition coefficient (Wildman–Crippen LogP) is 3.26. The summed E-state index contributed by atoms with van der Waals surface area (Å²) in [5.74, 6) is -1.79. The summed E-state index contributed by atoms with van der Waals surface area (Å²) in [7, 11) is 0. The molecule has 0 radical (unpaired) electrons. The molecular formula is C14H11F3N2O2. The molecule has 21 heavy (non-hydrogen) atoms. The summed E-state index contributed by atoms with van der Waals surface area (Å²) in [6.07, 6.45) is 0. The molecule has 4 nitrogen and oxygen atoms in total. The van der Waals surface area contributed by atoms with Crippen molar-refractivity contribution in [1.29, 1.82) is 0 Å². The number of para-hydroxylation sites is 1. The average Bonchev–Trinajstić information content (AvgIpc) is 2.42. The van der Waals surface area contributed by atoms with Gasteiger partial charge in [0.25, 0.3) is 5.91 Å². The molecule has 0 aliphatic heterocycles. The van der Waals surface area contributed by atoms with Gasteiger partial charge in [0.2, 0.25) is 0 Å². The van der Waals surface area contributed by atoms with Crippen LogP contribution in [0.1, 0.15) is 10.4 Å². The number of hydrogen-bond acceptors (Lipinski definition) is 3. The Bertz CT molecular complexity index is 662. The number of carbonyl (C=O) groups excluding carboxylic acids is 1. The normalized spacial score (nSPS) is 10.5. The molecule has 1 amide bonds. The van der Waals surface area contributed by atoms with Crippen LogP contribution in [0.4, 0.5) is 24.5 Å². The van der Waals surface area contributed by atoms with Gasteiger partial charge in [-0.2, -0.15) is 8.78 Å². The second-order valence-corrected chi connectivity index (χ2v) is 4.07. The van der Waals surface area contributed by atoms with E-state index in [1.54, 1.807) is 0 Å². The van der Waals surface area contributed by atoms with Crippen molar-refractivity contribution < 1.29 is 22.7 Å². The number of rotatable bonds is 4. The van der Waals surface area contributed by atoms with Crippen molar-refractivity contribution in [3.8, 4) is 5.75 Å². The maximum atomic E-state index is 13.6. The lowest BCUT2D eigenvalue weighted by Crippen LogP contribution is -2.15. The number of alkyl halides is 2. The largest absolute Gasteiger partial charge is 0.434 e. The van der Waals surface area contributed by atoms with E-state index in [4.69, 9.17) is 5.73 Å². The monoisotopic (exact) mass is 296 g/mol. The van der Waals surface area contributed by atoms with E-state index in [1.165, 1.54) is 36.4 Å². The molecule has 110 valence electrons. The molecule has 0 bridgehead atoms. The van der Waals surface area contributed by atoms with Crippen molar-refractivity contribution >= 4 is 17.3 Å². The summed E-state index contributed by atoms with van der Waals surface area (Å²) in [5, 5.41) is 2.27. The van der Waals surface area contributed by atoms with Gasteiger partial charge in [0.1, 0.15) is 11.6 Å². The molecule has 2 rings (SSSR count). The fourth-order valence-corrected chi connectivity index (χ4v) is 1.68. The molecule has 0 spiro atoms. The van der Waals surface area contributed by atoms with Gasteiger partial charge < -0.3 is 15.8 Å². The number of halogens is 3. The quantitative estimate of drug-likeness (QED) is 0.851. The van der Waals surface area contributed by atoms with Crippen LogP contribution in [0.15, 0.2) is 42.5 Å². The van der Waals surface area contributed by atoms with Crippen LogP contribution in [-0.4, -0.2) is 12.5 Å². The molecular weight excluding hydrogens is 285 g/mol. The van der Waals surface area contributed by atoms with E-state index in [0.717, 1.165) is 6.07 Å². The summed E-state index contributed by atoms with van der Waals surface area (Å²) < 4.78 is 42.4. The maximum absolute atomic E-state index is 13.6. The highest BCUT2D eigenvalue weighted by molar-refractivity contribution is 6.06. The summed E-state index contributed by atoms with van der Waals surface area (Å²) in [6.45, 7) is -3.06. The summed E-state index contributed by atoms with van der Waals surface area (Å²) in [6, 6.07) is 9.16. The van der Waals surface area contributed by atoms with Gasteiger partial charge in [-0.3, -0.25) is 4.79 Å². The minimum Gasteiger partial charge on any atom is -0.434 e. The first-order valence-corrected chi connectivity index (χ1v) is 5.87. The smallest absolute Gasteiger partial charge is 0.387 e. The number of carbonyl (C=O) groups is 1. The van der Waals surface area contributed by atoms with Crippen molar-refractivity contribution in [1.82, 2.24) is 0 Å². The number of anilines is 2. The third-order valence-electron chi connectivity index (χ3n) is 2.59. The first-order chi connectivity index (χ1) is 9.97. The predicted molar refractivity (Wildman–Crippen MR) is 71.8 cm³/mol. The van der Waals surface area contributed by atoms with Crippen LogP contribution in [0.25, 0.3) is 0 Å². The third-order valence-corrected chi connectivity index (χ3v) is 2.59. The highest BCUT2D eigenvalue weighted by Gasteiger charge is 2.16. The van der Waals surface area contributed by atoms with E-state index >= 15 is 0 Å². The Hall–Kier alpha value is -2.70. The molecule has 2 aromatic carbocycles. The van der Waals surface area contributed by atoms with E-state index < -0.39 is 18.3 Å². The Morgan fingerprint density at radius 2 is 1.90 bits per heavy atom. The number of nitrogens with one attached hydrogen (secondary N) is 1. The molecule has 0 heterocycles. The van der Waals surface area contributed by atoms with Crippen LogP contribution in [0.3, 0.4) is 0 Å². The van der Waals surface area contributed by atoms with Gasteiger partial charge in [0.05, 0.1) is 11.3 Å². The summed E-state index contributed by atoms with van der Waals surface area (Å²) in [4.78, 5) is 12.0. The second kappa shape index (κ2) is 6.17. The maximum Gasteiger partial charge on any atom is 0.387 e. The first kappa shape index (κ1) is 14.7. The zero-order valence-corrected chi connectivity index (χ0v) is 10.6. The van der Waals surface area contributed by atoms with E-state index in [1.807, 2.05) is 0 Å². The molecule has 0 saturated carbocycles. The summed E-state index contributed by atoms with van der Waals surface area (Å²) >= 11 is 0. The van der Waals surface area contributed by atoms with Crippen molar-refractivity contribution in [3.05, 3.63) is 53.8 Å². The van der Waals surface area contributed by atoms with Crippen LogP contribution in [-0.2, 0) is 0 Å². The highest BCUT2D eigenvalue weighted by atomic mass is 19.3. The lowest BCUT2D eigenvalue weighted by Gasteiger charge is -2.11. The van der Waals surface area contributed by atoms with E-state index in [2.05, 4.69) is 10.1 Å². The van der Waals surface area contributed by atoms with Crippen LogP contribution in [0.5, 0.6) is 5.75 Å². The molecule has 0 aliphatic carbocycles. The Morgan fingerprint density at radius 1 is 1.19 bits per heavy atom. The van der Waals surface area contributed by atoms with Gasteiger partial charge in [-0.05, 0) is 30.3 Å². The molecule has 0 fully saturated rings. The second-order valence-electron chi connectivity index (χ2n) is 4.07. The van der Waals surface area contributed by atoms with Crippen LogP contribution >= 0.6 is 0 Å². The standard InChI is InChI=1S/C14H11F3N2O2/c15-10-7-8(18)5-6-11(10)19-13(20)9-3-1-2-4-12(9)21-14(16)17/h1-7,14H,18H2,(H,19,20). The SMILES string of the molecule is Nc1ccc(NC(=O)c2ccccc2OC(F)F)c(F)c1. The Balaban J connectivity index is 2.24. The van der Waals surface area contributed by atoms with Crippen LogP contribution < -0.4 is 15.8 Å². The molecule has 0 atom stereocenters. The number of amides is 1. The Morgan fingerprint density at radius 3 is 2.57 bits per heavy atom. The minimum absolute atomic E-state index is 0.110. The van der Waals surface area contributed by atoms with Gasteiger partial charge >= 0.3 is 6.61 Å². The van der Waals surface area contributed by atoms with E-state index in [0.29, 0.717) is 0 Å². The van der Waals surface area contributed by atoms with Gasteiger partial charge in [-0.25, -0.2) is 4.39 Å². The average molecular weight is 296 g/mol. The van der Waals surface area contributed by atoms with Crippen molar-refractivity contribution in [3.63, 3.8) is 0 Å².